The van der Waals surface area contributed by atoms with E-state index in [-0.39, 0.29) is 23.7 Å². The van der Waals surface area contributed by atoms with E-state index < -0.39 is 18.0 Å². The predicted octanol–water partition coefficient (Wildman–Crippen LogP) is 0.0868. The number of aliphatic hydroxyl groups is 1. The first-order valence-corrected chi connectivity index (χ1v) is 8.00. The molecule has 0 aliphatic carbocycles. The summed E-state index contributed by atoms with van der Waals surface area (Å²) >= 11 is 5.08. The Morgan fingerprint density at radius 1 is 1.57 bits per heavy atom. The zero-order valence-corrected chi connectivity index (χ0v) is 13.8. The van der Waals surface area contributed by atoms with Gasteiger partial charge in [0.05, 0.1) is 35.5 Å². The third-order valence-corrected chi connectivity index (χ3v) is 4.85. The molecule has 0 spiro atoms. The number of hydrogen-bond donors (Lipinski definition) is 3. The van der Waals surface area contributed by atoms with E-state index in [1.807, 2.05) is 0 Å². The van der Waals surface area contributed by atoms with Gasteiger partial charge in [0.1, 0.15) is 11.5 Å². The Balaban J connectivity index is 1.76. The van der Waals surface area contributed by atoms with Gasteiger partial charge in [0, 0.05) is 0 Å². The monoisotopic (exact) mass is 337 g/mol. The molecule has 0 aromatic heterocycles. The molecule has 0 saturated carbocycles. The Kier molecular flexibility index (Phi) is 3.97. The fraction of sp³-hybridized carbons (Fsp3) is 0.600. The second-order valence-corrected chi connectivity index (χ2v) is 6.91. The number of aliphatic carboxylic acids is 1. The van der Waals surface area contributed by atoms with Crippen molar-refractivity contribution in [2.45, 2.75) is 44.9 Å². The maximum absolute atomic E-state index is 12.1. The lowest BCUT2D eigenvalue weighted by Gasteiger charge is -2.44. The van der Waals surface area contributed by atoms with Gasteiger partial charge in [-0.05, 0) is 32.3 Å². The molecule has 23 heavy (non-hydrogen) atoms. The van der Waals surface area contributed by atoms with Gasteiger partial charge in [0.25, 0.3) is 0 Å². The molecule has 1 amide bonds. The zero-order chi connectivity index (χ0) is 16.9. The van der Waals surface area contributed by atoms with E-state index in [9.17, 15) is 19.8 Å². The summed E-state index contributed by atoms with van der Waals surface area (Å²) in [6.07, 6.45) is 0.229. The topological polar surface area (TPSA) is 102 Å². The Morgan fingerprint density at radius 2 is 2.26 bits per heavy atom. The summed E-state index contributed by atoms with van der Waals surface area (Å²) in [6.45, 7) is 3.90. The Bertz CT molecular complexity index is 655. The van der Waals surface area contributed by atoms with Crippen molar-refractivity contribution in [2.75, 3.05) is 6.54 Å². The van der Waals surface area contributed by atoms with Crippen molar-refractivity contribution < 1.29 is 19.8 Å². The van der Waals surface area contributed by atoms with Crippen LogP contribution >= 0.6 is 12.2 Å². The second kappa shape index (κ2) is 5.68. The minimum absolute atomic E-state index is 0.00829. The number of nitrogens with one attached hydrogen (secondary N) is 1. The largest absolute Gasteiger partial charge is 0.477 e. The normalized spacial score (nSPS) is 30.6. The van der Waals surface area contributed by atoms with E-state index in [0.717, 1.165) is 5.57 Å². The number of fused-ring (bicyclic) bond motifs is 1. The number of carbonyl (C=O) groups excluding carboxylic acids is 1. The Morgan fingerprint density at radius 3 is 2.78 bits per heavy atom. The molecular weight excluding hydrogens is 318 g/mol. The van der Waals surface area contributed by atoms with Crippen molar-refractivity contribution in [3.05, 3.63) is 11.3 Å². The molecule has 0 unspecified atom stereocenters. The van der Waals surface area contributed by atoms with Crippen LogP contribution in [0.4, 0.5) is 0 Å². The van der Waals surface area contributed by atoms with Gasteiger partial charge in [0.15, 0.2) is 0 Å². The molecule has 8 heteroatoms. The lowest BCUT2D eigenvalue weighted by atomic mass is 9.82. The van der Waals surface area contributed by atoms with Crippen LogP contribution in [0, 0.1) is 5.92 Å². The average Bonchev–Trinajstić information content (AvgIpc) is 3.02. The lowest BCUT2D eigenvalue weighted by Crippen LogP contribution is -2.61. The van der Waals surface area contributed by atoms with Crippen molar-refractivity contribution in [3.8, 4) is 0 Å². The number of amides is 1. The number of rotatable bonds is 5. The first-order chi connectivity index (χ1) is 10.8. The first-order valence-electron chi connectivity index (χ1n) is 7.59. The molecule has 124 valence electrons. The number of aliphatic imine (C=N–C) groups is 1. The van der Waals surface area contributed by atoms with Crippen molar-refractivity contribution >= 4 is 34.8 Å². The third kappa shape index (κ3) is 2.55. The molecule has 3 heterocycles. The molecule has 3 rings (SSSR count). The second-order valence-electron chi connectivity index (χ2n) is 6.29. The van der Waals surface area contributed by atoms with Crippen LogP contribution in [-0.4, -0.2) is 62.4 Å². The van der Waals surface area contributed by atoms with E-state index in [1.165, 1.54) is 4.90 Å². The van der Waals surface area contributed by atoms with Gasteiger partial charge < -0.3 is 20.4 Å². The molecule has 0 radical (unpaired) electrons. The van der Waals surface area contributed by atoms with Crippen LogP contribution in [0.2, 0.25) is 0 Å². The number of amidine groups is 1. The van der Waals surface area contributed by atoms with Crippen LogP contribution in [-0.2, 0) is 9.59 Å². The van der Waals surface area contributed by atoms with Crippen LogP contribution in [0.1, 0.15) is 26.7 Å². The van der Waals surface area contributed by atoms with Crippen LogP contribution in [0.5, 0.6) is 0 Å². The SMILES string of the molecule is CC(=S)C1=NC[C@@H](CC2=C(C(=O)O)N3C(=O)[C@H]([C@@H](C)O)[C@H]3C2)N1. The van der Waals surface area contributed by atoms with E-state index in [2.05, 4.69) is 10.3 Å². The van der Waals surface area contributed by atoms with Crippen molar-refractivity contribution in [1.82, 2.24) is 10.2 Å². The van der Waals surface area contributed by atoms with E-state index >= 15 is 0 Å². The molecule has 3 aliphatic heterocycles. The number of carbonyl (C=O) groups is 2. The van der Waals surface area contributed by atoms with Gasteiger partial charge in [-0.2, -0.15) is 0 Å². The molecule has 3 aliphatic rings. The Labute approximate surface area is 139 Å². The van der Waals surface area contributed by atoms with E-state index in [0.29, 0.717) is 30.1 Å². The molecule has 7 nitrogen and oxygen atoms in total. The molecule has 0 bridgehead atoms. The van der Waals surface area contributed by atoms with Gasteiger partial charge in [-0.3, -0.25) is 9.79 Å². The highest BCUT2D eigenvalue weighted by Gasteiger charge is 2.56. The number of thiocarbonyl (C=S) groups is 1. The van der Waals surface area contributed by atoms with Gasteiger partial charge in [-0.15, -0.1) is 0 Å². The fourth-order valence-electron chi connectivity index (χ4n) is 3.66. The fourth-order valence-corrected chi connectivity index (χ4v) is 3.78. The number of β-lactam (4-membered cyclic amide) rings is 1. The summed E-state index contributed by atoms with van der Waals surface area (Å²) in [5.41, 5.74) is 0.807. The van der Waals surface area contributed by atoms with Gasteiger partial charge in [0.2, 0.25) is 5.91 Å². The van der Waals surface area contributed by atoms with Gasteiger partial charge in [-0.25, -0.2) is 4.79 Å². The Hall–Kier alpha value is -1.80. The van der Waals surface area contributed by atoms with Crippen LogP contribution in [0.15, 0.2) is 16.3 Å². The summed E-state index contributed by atoms with van der Waals surface area (Å²) in [5, 5.41) is 22.4. The van der Waals surface area contributed by atoms with E-state index in [4.69, 9.17) is 12.2 Å². The number of nitrogens with zero attached hydrogens (tertiary/aromatic N) is 2. The molecular formula is C15H19N3O4S. The third-order valence-electron chi connectivity index (χ3n) is 4.66. The highest BCUT2D eigenvalue weighted by molar-refractivity contribution is 7.82. The summed E-state index contributed by atoms with van der Waals surface area (Å²) in [7, 11) is 0. The number of hydrogen-bond acceptors (Lipinski definition) is 6. The summed E-state index contributed by atoms with van der Waals surface area (Å²) < 4.78 is 0. The average molecular weight is 337 g/mol. The summed E-state index contributed by atoms with van der Waals surface area (Å²) in [4.78, 5) is 30.0. The maximum Gasteiger partial charge on any atom is 0.352 e. The number of carboxylic acids is 1. The molecule has 1 saturated heterocycles. The van der Waals surface area contributed by atoms with Crippen molar-refractivity contribution in [1.29, 1.82) is 0 Å². The van der Waals surface area contributed by atoms with E-state index in [1.54, 1.807) is 13.8 Å². The molecule has 1 fully saturated rings. The summed E-state index contributed by atoms with van der Waals surface area (Å²) in [5.74, 6) is -1.22. The molecule has 0 aromatic carbocycles. The summed E-state index contributed by atoms with van der Waals surface area (Å²) in [6, 6.07) is -0.247. The van der Waals surface area contributed by atoms with Crippen LogP contribution < -0.4 is 5.32 Å². The lowest BCUT2D eigenvalue weighted by molar-refractivity contribution is -0.161. The standard InChI is InChI=1S/C15H19N3O4S/c1-6(19)11-10-4-8(12(15(21)22)18(10)14(11)20)3-9-5-16-13(17-9)7(2)23/h6,9-11,19H,3-5H2,1-2H3,(H,16,17)(H,21,22)/t6-,9-,10-,11-/m1/s1. The first kappa shape index (κ1) is 16.1. The molecule has 4 atom stereocenters. The predicted molar refractivity (Wildman–Crippen MR) is 87.2 cm³/mol. The highest BCUT2D eigenvalue weighted by atomic mass is 32.1. The molecule has 3 N–H and O–H groups in total. The minimum atomic E-state index is -1.09. The minimum Gasteiger partial charge on any atom is -0.477 e. The number of carboxylic acid groups (broad SMARTS) is 1. The van der Waals surface area contributed by atoms with Crippen molar-refractivity contribution in [3.63, 3.8) is 0 Å². The van der Waals surface area contributed by atoms with Crippen molar-refractivity contribution in [2.24, 2.45) is 10.9 Å². The smallest absolute Gasteiger partial charge is 0.352 e. The van der Waals surface area contributed by atoms with Crippen LogP contribution in [0.3, 0.4) is 0 Å². The molecule has 0 aromatic rings. The maximum atomic E-state index is 12.1. The van der Waals surface area contributed by atoms with Crippen LogP contribution in [0.25, 0.3) is 0 Å². The van der Waals surface area contributed by atoms with Gasteiger partial charge >= 0.3 is 5.97 Å². The quantitative estimate of drug-likeness (QED) is 0.485. The number of aliphatic hydroxyl groups excluding tert-OH is 1. The van der Waals surface area contributed by atoms with Gasteiger partial charge in [-0.1, -0.05) is 12.2 Å². The zero-order valence-electron chi connectivity index (χ0n) is 12.9. The highest BCUT2D eigenvalue weighted by Crippen LogP contribution is 2.44.